The van der Waals surface area contributed by atoms with E-state index in [4.69, 9.17) is 0 Å². The number of hydrogen-bond donors (Lipinski definition) is 0. The molecule has 1 aromatic rings. The van der Waals surface area contributed by atoms with E-state index < -0.39 is 0 Å². The molecule has 1 fully saturated rings. The molecular weight excluding hydrogens is 204 g/mol. The molecule has 88 valence electrons. The summed E-state index contributed by atoms with van der Waals surface area (Å²) in [7, 11) is 2.14. The Bertz CT molecular complexity index is 374. The van der Waals surface area contributed by atoms with Gasteiger partial charge in [0.25, 0.3) is 0 Å². The summed E-state index contributed by atoms with van der Waals surface area (Å²) in [6, 6.07) is 1.74. The Balaban J connectivity index is 2.04. The van der Waals surface area contributed by atoms with Crippen LogP contribution in [0.15, 0.2) is 11.2 Å². The molecule has 5 nitrogen and oxygen atoms in total. The number of hydrogen-bond acceptors (Lipinski definition) is 4. The van der Waals surface area contributed by atoms with E-state index in [1.54, 1.807) is 10.7 Å². The standard InChI is InChI=1S/C11H18N4O/c1-9-6-11(13-16)15(12-9)8-10-4-3-5-14(2)7-10/h6,10H,3-5,7-8H2,1-2H3. The van der Waals surface area contributed by atoms with Crippen LogP contribution in [0.3, 0.4) is 0 Å². The van der Waals surface area contributed by atoms with Crippen LogP contribution in [-0.4, -0.2) is 34.8 Å². The first kappa shape index (κ1) is 11.3. The quantitative estimate of drug-likeness (QED) is 0.734. The molecule has 1 unspecified atom stereocenters. The molecule has 0 saturated carbocycles. The van der Waals surface area contributed by atoms with Crippen molar-refractivity contribution in [3.63, 3.8) is 0 Å². The first-order chi connectivity index (χ1) is 7.69. The fourth-order valence-corrected chi connectivity index (χ4v) is 2.41. The van der Waals surface area contributed by atoms with Crippen LogP contribution < -0.4 is 0 Å². The minimum atomic E-state index is 0.450. The Labute approximate surface area is 95.4 Å². The lowest BCUT2D eigenvalue weighted by Gasteiger charge is -2.29. The molecule has 0 amide bonds. The topological polar surface area (TPSA) is 50.5 Å². The van der Waals surface area contributed by atoms with Gasteiger partial charge in [0, 0.05) is 19.2 Å². The fraction of sp³-hybridized carbons (Fsp3) is 0.727. The van der Waals surface area contributed by atoms with Gasteiger partial charge in [0.1, 0.15) is 0 Å². The Morgan fingerprint density at radius 2 is 2.44 bits per heavy atom. The Hall–Kier alpha value is -1.23. The van der Waals surface area contributed by atoms with Crippen molar-refractivity contribution in [3.05, 3.63) is 16.7 Å². The average molecular weight is 222 g/mol. The van der Waals surface area contributed by atoms with Gasteiger partial charge in [0.05, 0.1) is 5.69 Å². The van der Waals surface area contributed by atoms with Gasteiger partial charge >= 0.3 is 0 Å². The minimum Gasteiger partial charge on any atom is -0.306 e. The molecular formula is C11H18N4O. The lowest BCUT2D eigenvalue weighted by molar-refractivity contribution is 0.191. The van der Waals surface area contributed by atoms with E-state index in [2.05, 4.69) is 22.2 Å². The van der Waals surface area contributed by atoms with Crippen molar-refractivity contribution in [1.29, 1.82) is 0 Å². The summed E-state index contributed by atoms with van der Waals surface area (Å²) in [4.78, 5) is 13.0. The maximum absolute atomic E-state index is 10.6. The van der Waals surface area contributed by atoms with E-state index in [0.717, 1.165) is 18.8 Å². The Morgan fingerprint density at radius 1 is 1.62 bits per heavy atom. The summed E-state index contributed by atoms with van der Waals surface area (Å²) < 4.78 is 1.74. The molecule has 0 bridgehead atoms. The van der Waals surface area contributed by atoms with E-state index >= 15 is 0 Å². The van der Waals surface area contributed by atoms with Crippen LogP contribution in [0, 0.1) is 17.7 Å². The van der Waals surface area contributed by atoms with Crippen LogP contribution in [0.4, 0.5) is 5.82 Å². The van der Waals surface area contributed by atoms with Crippen molar-refractivity contribution >= 4 is 5.82 Å². The number of piperidine rings is 1. The summed E-state index contributed by atoms with van der Waals surface area (Å²) in [6.45, 7) is 4.95. The molecule has 1 saturated heterocycles. The normalized spacial score (nSPS) is 22.2. The highest BCUT2D eigenvalue weighted by molar-refractivity contribution is 5.29. The highest BCUT2D eigenvalue weighted by Gasteiger charge is 2.19. The molecule has 1 aliphatic heterocycles. The van der Waals surface area contributed by atoms with Crippen LogP contribution in [0.1, 0.15) is 18.5 Å². The van der Waals surface area contributed by atoms with Crippen LogP contribution in [0.25, 0.3) is 0 Å². The van der Waals surface area contributed by atoms with Crippen molar-refractivity contribution < 1.29 is 0 Å². The third-order valence-electron chi connectivity index (χ3n) is 3.13. The summed E-state index contributed by atoms with van der Waals surface area (Å²) in [5.74, 6) is 1.03. The predicted octanol–water partition coefficient (Wildman–Crippen LogP) is 1.93. The molecule has 0 N–H and O–H groups in total. The second-order valence-corrected chi connectivity index (χ2v) is 4.69. The van der Waals surface area contributed by atoms with Crippen molar-refractivity contribution in [3.8, 4) is 0 Å². The zero-order valence-corrected chi connectivity index (χ0v) is 9.89. The molecule has 5 heteroatoms. The molecule has 0 radical (unpaired) electrons. The van der Waals surface area contributed by atoms with Gasteiger partial charge in [-0.2, -0.15) is 5.10 Å². The van der Waals surface area contributed by atoms with Gasteiger partial charge in [-0.15, -0.1) is 4.91 Å². The number of aryl methyl sites for hydroxylation is 1. The molecule has 0 spiro atoms. The van der Waals surface area contributed by atoms with Crippen LogP contribution in [0.2, 0.25) is 0 Å². The molecule has 1 aliphatic rings. The second kappa shape index (κ2) is 4.74. The maximum atomic E-state index is 10.6. The van der Waals surface area contributed by atoms with Crippen LogP contribution >= 0.6 is 0 Å². The van der Waals surface area contributed by atoms with Gasteiger partial charge in [-0.1, -0.05) is 0 Å². The van der Waals surface area contributed by atoms with E-state index in [1.807, 2.05) is 6.92 Å². The highest BCUT2D eigenvalue weighted by atomic mass is 16.3. The number of rotatable bonds is 3. The Morgan fingerprint density at radius 3 is 3.12 bits per heavy atom. The average Bonchev–Trinajstić information content (AvgIpc) is 2.59. The number of nitrogens with zero attached hydrogens (tertiary/aromatic N) is 4. The third kappa shape index (κ3) is 2.47. The molecule has 0 aliphatic carbocycles. The van der Waals surface area contributed by atoms with Crippen molar-refractivity contribution in [2.75, 3.05) is 20.1 Å². The fourth-order valence-electron chi connectivity index (χ4n) is 2.41. The summed E-state index contributed by atoms with van der Waals surface area (Å²) in [5, 5.41) is 7.32. The van der Waals surface area contributed by atoms with Crippen LogP contribution in [0.5, 0.6) is 0 Å². The van der Waals surface area contributed by atoms with Crippen molar-refractivity contribution in [1.82, 2.24) is 14.7 Å². The van der Waals surface area contributed by atoms with E-state index in [-0.39, 0.29) is 0 Å². The molecule has 1 atom stereocenters. The van der Waals surface area contributed by atoms with E-state index in [0.29, 0.717) is 11.7 Å². The lowest BCUT2D eigenvalue weighted by Crippen LogP contribution is -2.34. The van der Waals surface area contributed by atoms with Crippen LogP contribution in [-0.2, 0) is 6.54 Å². The molecule has 2 rings (SSSR count). The third-order valence-corrected chi connectivity index (χ3v) is 3.13. The van der Waals surface area contributed by atoms with Gasteiger partial charge in [0.15, 0.2) is 5.82 Å². The van der Waals surface area contributed by atoms with Gasteiger partial charge in [-0.05, 0) is 44.5 Å². The first-order valence-electron chi connectivity index (χ1n) is 5.75. The van der Waals surface area contributed by atoms with E-state index in [1.165, 1.54) is 19.4 Å². The molecule has 0 aromatic carbocycles. The first-order valence-corrected chi connectivity index (χ1v) is 5.75. The molecule has 1 aromatic heterocycles. The lowest BCUT2D eigenvalue weighted by atomic mass is 9.99. The number of nitroso groups, excluding NO2 is 1. The van der Waals surface area contributed by atoms with Gasteiger partial charge in [-0.3, -0.25) is 0 Å². The Kier molecular flexibility index (Phi) is 3.33. The van der Waals surface area contributed by atoms with Crippen molar-refractivity contribution in [2.24, 2.45) is 11.1 Å². The highest BCUT2D eigenvalue weighted by Crippen LogP contribution is 2.20. The largest absolute Gasteiger partial charge is 0.306 e. The van der Waals surface area contributed by atoms with Gasteiger partial charge in [0.2, 0.25) is 0 Å². The number of aromatic nitrogens is 2. The second-order valence-electron chi connectivity index (χ2n) is 4.69. The van der Waals surface area contributed by atoms with Gasteiger partial charge in [-0.25, -0.2) is 4.68 Å². The van der Waals surface area contributed by atoms with Gasteiger partial charge < -0.3 is 4.90 Å². The van der Waals surface area contributed by atoms with Crippen molar-refractivity contribution in [2.45, 2.75) is 26.3 Å². The van der Waals surface area contributed by atoms with E-state index in [9.17, 15) is 4.91 Å². The minimum absolute atomic E-state index is 0.450. The SMILES string of the molecule is Cc1cc(N=O)n(CC2CCCN(C)C2)n1. The summed E-state index contributed by atoms with van der Waals surface area (Å²) >= 11 is 0. The molecule has 16 heavy (non-hydrogen) atoms. The molecule has 2 heterocycles. The monoisotopic (exact) mass is 222 g/mol. The zero-order chi connectivity index (χ0) is 11.5. The predicted molar refractivity (Wildman–Crippen MR) is 62.6 cm³/mol. The number of likely N-dealkylation sites (tertiary alicyclic amines) is 1. The summed E-state index contributed by atoms with van der Waals surface area (Å²) in [6.07, 6.45) is 2.44. The zero-order valence-electron chi connectivity index (χ0n) is 9.89. The smallest absolute Gasteiger partial charge is 0.195 e. The summed E-state index contributed by atoms with van der Waals surface area (Å²) in [5.41, 5.74) is 0.860. The maximum Gasteiger partial charge on any atom is 0.195 e.